The summed E-state index contributed by atoms with van der Waals surface area (Å²) in [6, 6.07) is 20.4. The minimum Gasteiger partial charge on any atom is -0.322 e. The number of halogens is 1. The fraction of sp³-hybridized carbons (Fsp3) is 0.150. The summed E-state index contributed by atoms with van der Waals surface area (Å²) < 4.78 is 14.1. The van der Waals surface area contributed by atoms with Gasteiger partial charge in [-0.05, 0) is 29.0 Å². The summed E-state index contributed by atoms with van der Waals surface area (Å²) in [7, 11) is 0. The van der Waals surface area contributed by atoms with Crippen molar-refractivity contribution < 1.29 is 9.18 Å². The lowest BCUT2D eigenvalue weighted by atomic mass is 10.1. The van der Waals surface area contributed by atoms with Crippen molar-refractivity contribution in [3.63, 3.8) is 0 Å². The normalized spacial score (nSPS) is 17.4. The molecule has 4 heteroatoms. The average molecular weight is 337 g/mol. The van der Waals surface area contributed by atoms with Gasteiger partial charge in [-0.15, -0.1) is 11.8 Å². The largest absolute Gasteiger partial charge is 0.322 e. The molecule has 1 unspecified atom stereocenters. The number of fused-ring (bicyclic) bond motifs is 1. The zero-order chi connectivity index (χ0) is 16.5. The van der Waals surface area contributed by atoms with Crippen molar-refractivity contribution in [2.45, 2.75) is 5.37 Å². The van der Waals surface area contributed by atoms with Crippen LogP contribution in [0, 0.1) is 5.82 Å². The third kappa shape index (κ3) is 2.67. The Morgan fingerprint density at radius 1 is 1.00 bits per heavy atom. The van der Waals surface area contributed by atoms with Crippen LogP contribution in [0.2, 0.25) is 0 Å². The van der Waals surface area contributed by atoms with Crippen LogP contribution >= 0.6 is 11.8 Å². The molecule has 0 saturated carbocycles. The summed E-state index contributed by atoms with van der Waals surface area (Å²) in [6.07, 6.45) is 0. The molecule has 2 nitrogen and oxygen atoms in total. The number of thioether (sulfide) groups is 1. The van der Waals surface area contributed by atoms with Gasteiger partial charge in [0.05, 0.1) is 0 Å². The molecule has 0 aliphatic carbocycles. The molecule has 0 spiro atoms. The first-order chi connectivity index (χ1) is 11.7. The third-order valence-electron chi connectivity index (χ3n) is 4.32. The molecular formula is C20H16FNOS. The molecule has 120 valence electrons. The summed E-state index contributed by atoms with van der Waals surface area (Å²) in [5.41, 5.74) is 1.23. The Bertz CT molecular complexity index is 911. The van der Waals surface area contributed by atoms with Crippen molar-refractivity contribution >= 4 is 28.4 Å². The Morgan fingerprint density at radius 3 is 2.58 bits per heavy atom. The van der Waals surface area contributed by atoms with E-state index in [4.69, 9.17) is 0 Å². The Morgan fingerprint density at radius 2 is 1.75 bits per heavy atom. The quantitative estimate of drug-likeness (QED) is 0.665. The first-order valence-corrected chi connectivity index (χ1v) is 8.95. The molecule has 24 heavy (non-hydrogen) atoms. The van der Waals surface area contributed by atoms with Gasteiger partial charge in [-0.25, -0.2) is 4.39 Å². The molecule has 1 atom stereocenters. The first kappa shape index (κ1) is 15.2. The monoisotopic (exact) mass is 337 g/mol. The fourth-order valence-electron chi connectivity index (χ4n) is 3.10. The number of amides is 1. The van der Waals surface area contributed by atoms with Gasteiger partial charge < -0.3 is 4.90 Å². The third-order valence-corrected chi connectivity index (χ3v) is 5.56. The van der Waals surface area contributed by atoms with E-state index in [9.17, 15) is 9.18 Å². The van der Waals surface area contributed by atoms with E-state index in [1.54, 1.807) is 28.8 Å². The number of hydrogen-bond donors (Lipinski definition) is 0. The van der Waals surface area contributed by atoms with Gasteiger partial charge in [-0.2, -0.15) is 0 Å². The Labute approximate surface area is 144 Å². The Kier molecular flexibility index (Phi) is 3.98. The number of nitrogens with zero attached hydrogens (tertiary/aromatic N) is 1. The molecule has 1 aliphatic heterocycles. The standard InChI is InChI=1S/C20H16FNOS/c21-18-8-4-3-7-17(18)20-22(11-12-24-20)19(23)16-10-9-14-5-1-2-6-15(14)13-16/h1-10,13,20H,11-12H2. The second-order valence-corrected chi connectivity index (χ2v) is 6.99. The van der Waals surface area contributed by atoms with Crippen molar-refractivity contribution in [3.05, 3.63) is 83.7 Å². The topological polar surface area (TPSA) is 20.3 Å². The summed E-state index contributed by atoms with van der Waals surface area (Å²) >= 11 is 1.61. The number of carbonyl (C=O) groups excluding carboxylic acids is 1. The summed E-state index contributed by atoms with van der Waals surface area (Å²) in [4.78, 5) is 14.7. The highest BCUT2D eigenvalue weighted by Gasteiger charge is 2.32. The smallest absolute Gasteiger partial charge is 0.255 e. The Balaban J connectivity index is 1.68. The van der Waals surface area contributed by atoms with E-state index in [-0.39, 0.29) is 17.1 Å². The predicted octanol–water partition coefficient (Wildman–Crippen LogP) is 4.87. The van der Waals surface area contributed by atoms with Crippen LogP contribution in [0.5, 0.6) is 0 Å². The zero-order valence-electron chi connectivity index (χ0n) is 13.0. The maximum Gasteiger partial charge on any atom is 0.255 e. The predicted molar refractivity (Wildman–Crippen MR) is 96.6 cm³/mol. The number of rotatable bonds is 2. The second kappa shape index (κ2) is 6.29. The highest BCUT2D eigenvalue weighted by molar-refractivity contribution is 7.99. The van der Waals surface area contributed by atoms with Gasteiger partial charge >= 0.3 is 0 Å². The average Bonchev–Trinajstić information content (AvgIpc) is 3.10. The molecular weight excluding hydrogens is 321 g/mol. The van der Waals surface area contributed by atoms with Crippen LogP contribution in [-0.4, -0.2) is 23.1 Å². The van der Waals surface area contributed by atoms with Crippen LogP contribution < -0.4 is 0 Å². The molecule has 1 fully saturated rings. The van der Waals surface area contributed by atoms with E-state index in [1.165, 1.54) is 6.07 Å². The van der Waals surface area contributed by atoms with Gasteiger partial charge in [0.1, 0.15) is 11.2 Å². The van der Waals surface area contributed by atoms with Crippen LogP contribution in [-0.2, 0) is 0 Å². The van der Waals surface area contributed by atoms with Crippen LogP contribution in [0.15, 0.2) is 66.7 Å². The molecule has 1 aliphatic rings. The molecule has 1 amide bonds. The molecule has 0 N–H and O–H groups in total. The Hall–Kier alpha value is -2.33. The van der Waals surface area contributed by atoms with E-state index >= 15 is 0 Å². The lowest BCUT2D eigenvalue weighted by Crippen LogP contribution is -2.30. The molecule has 0 aromatic heterocycles. The summed E-state index contributed by atoms with van der Waals surface area (Å²) in [5.74, 6) is 0.519. The van der Waals surface area contributed by atoms with Crippen LogP contribution in [0.1, 0.15) is 21.3 Å². The van der Waals surface area contributed by atoms with E-state index < -0.39 is 0 Å². The van der Waals surface area contributed by atoms with Crippen LogP contribution in [0.4, 0.5) is 4.39 Å². The van der Waals surface area contributed by atoms with Gasteiger partial charge in [0.2, 0.25) is 0 Å². The highest BCUT2D eigenvalue weighted by Crippen LogP contribution is 2.39. The van der Waals surface area contributed by atoms with E-state index in [0.29, 0.717) is 17.7 Å². The number of benzene rings is 3. The second-order valence-electron chi connectivity index (χ2n) is 5.81. The molecule has 0 bridgehead atoms. The van der Waals surface area contributed by atoms with Crippen molar-refractivity contribution in [3.8, 4) is 0 Å². The number of hydrogen-bond acceptors (Lipinski definition) is 2. The highest BCUT2D eigenvalue weighted by atomic mass is 32.2. The first-order valence-electron chi connectivity index (χ1n) is 7.90. The van der Waals surface area contributed by atoms with Gasteiger partial charge in [0.15, 0.2) is 0 Å². The lowest BCUT2D eigenvalue weighted by Gasteiger charge is -2.24. The van der Waals surface area contributed by atoms with Crippen molar-refractivity contribution in [1.29, 1.82) is 0 Å². The maximum absolute atomic E-state index is 14.1. The van der Waals surface area contributed by atoms with E-state index in [2.05, 4.69) is 0 Å². The van der Waals surface area contributed by atoms with Crippen molar-refractivity contribution in [1.82, 2.24) is 4.90 Å². The fourth-order valence-corrected chi connectivity index (χ4v) is 4.38. The maximum atomic E-state index is 14.1. The zero-order valence-corrected chi connectivity index (χ0v) is 13.8. The van der Waals surface area contributed by atoms with E-state index in [0.717, 1.165) is 16.5 Å². The van der Waals surface area contributed by atoms with Gasteiger partial charge in [-0.1, -0.05) is 48.5 Å². The van der Waals surface area contributed by atoms with Crippen molar-refractivity contribution in [2.75, 3.05) is 12.3 Å². The molecule has 1 saturated heterocycles. The minimum atomic E-state index is -0.259. The molecule has 0 radical (unpaired) electrons. The lowest BCUT2D eigenvalue weighted by molar-refractivity contribution is 0.0759. The van der Waals surface area contributed by atoms with Crippen molar-refractivity contribution in [2.24, 2.45) is 0 Å². The van der Waals surface area contributed by atoms with Gasteiger partial charge in [0, 0.05) is 23.4 Å². The SMILES string of the molecule is O=C(c1ccc2ccccc2c1)N1CCSC1c1ccccc1F. The summed E-state index contributed by atoms with van der Waals surface area (Å²) in [6.45, 7) is 0.634. The molecule has 3 aromatic carbocycles. The number of carbonyl (C=O) groups is 1. The van der Waals surface area contributed by atoms with Crippen LogP contribution in [0.3, 0.4) is 0 Å². The minimum absolute atomic E-state index is 0.0426. The van der Waals surface area contributed by atoms with Crippen LogP contribution in [0.25, 0.3) is 10.8 Å². The molecule has 1 heterocycles. The van der Waals surface area contributed by atoms with E-state index in [1.807, 2.05) is 48.5 Å². The molecule has 3 aromatic rings. The molecule has 4 rings (SSSR count). The summed E-state index contributed by atoms with van der Waals surface area (Å²) in [5, 5.41) is 1.89. The van der Waals surface area contributed by atoms with Gasteiger partial charge in [0.25, 0.3) is 5.91 Å². The van der Waals surface area contributed by atoms with Gasteiger partial charge in [-0.3, -0.25) is 4.79 Å².